The molecule has 1 atom stereocenters. The summed E-state index contributed by atoms with van der Waals surface area (Å²) in [6.07, 6.45) is 2.75. The zero-order valence-corrected chi connectivity index (χ0v) is 13.5. The van der Waals surface area contributed by atoms with Gasteiger partial charge in [0.15, 0.2) is 0 Å². The van der Waals surface area contributed by atoms with Crippen molar-refractivity contribution in [3.05, 3.63) is 46.7 Å². The molecule has 1 aromatic heterocycles. The van der Waals surface area contributed by atoms with Crippen LogP contribution in [0.1, 0.15) is 37.6 Å². The number of ether oxygens (including phenoxy) is 1. The van der Waals surface area contributed by atoms with Gasteiger partial charge in [-0.05, 0) is 37.6 Å². The lowest BCUT2D eigenvalue weighted by molar-refractivity contribution is 0.340. The first-order valence-electron chi connectivity index (χ1n) is 7.30. The van der Waals surface area contributed by atoms with Crippen molar-refractivity contribution in [3.8, 4) is 5.75 Å². The number of aryl methyl sites for hydroxylation is 1. The highest BCUT2D eigenvalue weighted by Gasteiger charge is 2.20. The third-order valence-corrected chi connectivity index (χ3v) is 3.63. The molecular formula is C16H22ClN3O. The first-order valence-corrected chi connectivity index (χ1v) is 7.68. The lowest BCUT2D eigenvalue weighted by Crippen LogP contribution is -2.25. The average molecular weight is 308 g/mol. The Hall–Kier alpha value is -1.52. The second-order valence-corrected chi connectivity index (χ2v) is 5.30. The SMILES string of the molecule is CCCNC(c1ccc(OCC)cc1)c1c(Cl)cnn1C. The molecule has 0 aliphatic rings. The summed E-state index contributed by atoms with van der Waals surface area (Å²) in [6, 6.07) is 8.15. The first kappa shape index (κ1) is 15.9. The van der Waals surface area contributed by atoms with Gasteiger partial charge in [0.05, 0.1) is 29.6 Å². The highest BCUT2D eigenvalue weighted by Crippen LogP contribution is 2.29. The molecule has 2 rings (SSSR count). The van der Waals surface area contributed by atoms with Gasteiger partial charge in [0.25, 0.3) is 0 Å². The van der Waals surface area contributed by atoms with Crippen LogP contribution in [0.15, 0.2) is 30.5 Å². The van der Waals surface area contributed by atoms with E-state index >= 15 is 0 Å². The second kappa shape index (κ2) is 7.48. The van der Waals surface area contributed by atoms with Crippen molar-refractivity contribution < 1.29 is 4.74 Å². The van der Waals surface area contributed by atoms with Gasteiger partial charge >= 0.3 is 0 Å². The monoisotopic (exact) mass is 307 g/mol. The molecule has 0 aliphatic heterocycles. The van der Waals surface area contributed by atoms with Crippen LogP contribution in [-0.2, 0) is 7.05 Å². The van der Waals surface area contributed by atoms with E-state index in [2.05, 4.69) is 29.5 Å². The topological polar surface area (TPSA) is 39.1 Å². The molecule has 0 saturated heterocycles. The van der Waals surface area contributed by atoms with Crippen LogP contribution in [0.25, 0.3) is 0 Å². The lowest BCUT2D eigenvalue weighted by Gasteiger charge is -2.20. The van der Waals surface area contributed by atoms with Crippen molar-refractivity contribution in [1.29, 1.82) is 0 Å². The number of hydrogen-bond donors (Lipinski definition) is 1. The maximum absolute atomic E-state index is 6.30. The molecule has 0 aliphatic carbocycles. The average Bonchev–Trinajstić information content (AvgIpc) is 2.81. The van der Waals surface area contributed by atoms with Gasteiger partial charge in [-0.3, -0.25) is 4.68 Å². The highest BCUT2D eigenvalue weighted by molar-refractivity contribution is 6.31. The Bertz CT molecular complexity index is 546. The molecule has 0 spiro atoms. The van der Waals surface area contributed by atoms with E-state index in [1.807, 2.05) is 30.8 Å². The number of halogens is 1. The minimum Gasteiger partial charge on any atom is -0.494 e. The van der Waals surface area contributed by atoms with Crippen molar-refractivity contribution in [2.45, 2.75) is 26.3 Å². The molecule has 0 saturated carbocycles. The van der Waals surface area contributed by atoms with Crippen LogP contribution in [0.3, 0.4) is 0 Å². The molecule has 1 aromatic carbocycles. The Morgan fingerprint density at radius 3 is 2.52 bits per heavy atom. The van der Waals surface area contributed by atoms with Gasteiger partial charge < -0.3 is 10.1 Å². The minimum absolute atomic E-state index is 0.0284. The summed E-state index contributed by atoms with van der Waals surface area (Å²) in [5, 5.41) is 8.45. The Kier molecular flexibility index (Phi) is 5.65. The number of rotatable bonds is 7. The number of hydrogen-bond acceptors (Lipinski definition) is 3. The molecule has 1 N–H and O–H groups in total. The summed E-state index contributed by atoms with van der Waals surface area (Å²) >= 11 is 6.30. The summed E-state index contributed by atoms with van der Waals surface area (Å²) < 4.78 is 7.32. The van der Waals surface area contributed by atoms with E-state index in [-0.39, 0.29) is 6.04 Å². The van der Waals surface area contributed by atoms with E-state index in [1.165, 1.54) is 0 Å². The van der Waals surface area contributed by atoms with Crippen LogP contribution in [-0.4, -0.2) is 22.9 Å². The molecule has 2 aromatic rings. The maximum Gasteiger partial charge on any atom is 0.119 e. The molecule has 0 fully saturated rings. The van der Waals surface area contributed by atoms with Crippen LogP contribution in [0.4, 0.5) is 0 Å². The van der Waals surface area contributed by atoms with Crippen LogP contribution >= 0.6 is 11.6 Å². The summed E-state index contributed by atoms with van der Waals surface area (Å²) in [6.45, 7) is 5.71. The Morgan fingerprint density at radius 2 is 2.00 bits per heavy atom. The molecule has 21 heavy (non-hydrogen) atoms. The summed E-state index contributed by atoms with van der Waals surface area (Å²) in [4.78, 5) is 0. The molecule has 0 bridgehead atoms. The van der Waals surface area contributed by atoms with E-state index in [9.17, 15) is 0 Å². The van der Waals surface area contributed by atoms with E-state index in [0.717, 1.165) is 30.0 Å². The number of nitrogens with one attached hydrogen (secondary N) is 1. The van der Waals surface area contributed by atoms with Gasteiger partial charge in [0.1, 0.15) is 5.75 Å². The van der Waals surface area contributed by atoms with Gasteiger partial charge in [-0.25, -0.2) is 0 Å². The maximum atomic E-state index is 6.30. The fraction of sp³-hybridized carbons (Fsp3) is 0.438. The molecule has 1 unspecified atom stereocenters. The summed E-state index contributed by atoms with van der Waals surface area (Å²) in [5.74, 6) is 0.881. The Balaban J connectivity index is 2.31. The smallest absolute Gasteiger partial charge is 0.119 e. The van der Waals surface area contributed by atoms with Crippen molar-refractivity contribution >= 4 is 11.6 Å². The number of nitrogens with zero attached hydrogens (tertiary/aromatic N) is 2. The highest BCUT2D eigenvalue weighted by atomic mass is 35.5. The first-order chi connectivity index (χ1) is 10.2. The third kappa shape index (κ3) is 3.77. The third-order valence-electron chi connectivity index (χ3n) is 3.33. The molecule has 5 heteroatoms. The van der Waals surface area contributed by atoms with Crippen LogP contribution < -0.4 is 10.1 Å². The fourth-order valence-electron chi connectivity index (χ4n) is 2.33. The van der Waals surface area contributed by atoms with Crippen LogP contribution in [0.5, 0.6) is 5.75 Å². The van der Waals surface area contributed by atoms with Gasteiger partial charge in [-0.1, -0.05) is 30.7 Å². The standard InChI is InChI=1S/C16H22ClN3O/c1-4-10-18-15(16-14(17)11-19-20(16)3)12-6-8-13(9-7-12)21-5-2/h6-9,11,15,18H,4-5,10H2,1-3H3. The predicted molar refractivity (Wildman–Crippen MR) is 86.0 cm³/mol. The van der Waals surface area contributed by atoms with Gasteiger partial charge in [0.2, 0.25) is 0 Å². The quantitative estimate of drug-likeness (QED) is 0.850. The van der Waals surface area contributed by atoms with Crippen LogP contribution in [0, 0.1) is 0 Å². The summed E-state index contributed by atoms with van der Waals surface area (Å²) in [5.41, 5.74) is 2.13. The predicted octanol–water partition coefficient (Wildman–Crippen LogP) is 3.56. The van der Waals surface area contributed by atoms with Gasteiger partial charge in [-0.15, -0.1) is 0 Å². The van der Waals surface area contributed by atoms with Gasteiger partial charge in [-0.2, -0.15) is 5.10 Å². The second-order valence-electron chi connectivity index (χ2n) is 4.89. The normalized spacial score (nSPS) is 12.4. The van der Waals surface area contributed by atoms with E-state index in [4.69, 9.17) is 16.3 Å². The van der Waals surface area contributed by atoms with Crippen molar-refractivity contribution in [2.24, 2.45) is 7.05 Å². The molecule has 0 amide bonds. The van der Waals surface area contributed by atoms with Crippen LogP contribution in [0.2, 0.25) is 5.02 Å². The molecule has 4 nitrogen and oxygen atoms in total. The summed E-state index contributed by atoms with van der Waals surface area (Å²) in [7, 11) is 1.91. The molecule has 0 radical (unpaired) electrons. The van der Waals surface area contributed by atoms with Gasteiger partial charge in [0, 0.05) is 7.05 Å². The van der Waals surface area contributed by atoms with E-state index in [1.54, 1.807) is 6.20 Å². The van der Waals surface area contributed by atoms with Crippen molar-refractivity contribution in [2.75, 3.05) is 13.2 Å². The molecular weight excluding hydrogens is 286 g/mol. The Morgan fingerprint density at radius 1 is 1.29 bits per heavy atom. The van der Waals surface area contributed by atoms with E-state index < -0.39 is 0 Å². The molecule has 114 valence electrons. The van der Waals surface area contributed by atoms with E-state index in [0.29, 0.717) is 11.6 Å². The zero-order chi connectivity index (χ0) is 15.2. The zero-order valence-electron chi connectivity index (χ0n) is 12.8. The fourth-order valence-corrected chi connectivity index (χ4v) is 2.60. The van der Waals surface area contributed by atoms with Crippen molar-refractivity contribution in [1.82, 2.24) is 15.1 Å². The van der Waals surface area contributed by atoms with Crippen molar-refractivity contribution in [3.63, 3.8) is 0 Å². The largest absolute Gasteiger partial charge is 0.494 e. The molecule has 1 heterocycles. The Labute approximate surface area is 131 Å². The lowest BCUT2D eigenvalue weighted by atomic mass is 10.0. The minimum atomic E-state index is 0.0284. The number of aromatic nitrogens is 2. The number of benzene rings is 1.